The van der Waals surface area contributed by atoms with E-state index in [0.717, 1.165) is 30.4 Å². The summed E-state index contributed by atoms with van der Waals surface area (Å²) in [6.45, 7) is 1.05. The highest BCUT2D eigenvalue weighted by Crippen LogP contribution is 2.42. The van der Waals surface area contributed by atoms with Gasteiger partial charge in [0.25, 0.3) is 0 Å². The van der Waals surface area contributed by atoms with Crippen LogP contribution in [0.5, 0.6) is 0 Å². The van der Waals surface area contributed by atoms with E-state index >= 15 is 4.39 Å². The highest BCUT2D eigenvalue weighted by molar-refractivity contribution is 8.00. The van der Waals surface area contributed by atoms with Crippen LogP contribution in [0.15, 0.2) is 79.4 Å². The number of carbonyl (C=O) groups excluding carboxylic acids is 3. The lowest BCUT2D eigenvalue weighted by molar-refractivity contribution is -0.149. The molecule has 2 saturated heterocycles. The minimum Gasteiger partial charge on any atom is -0.481 e. The minimum absolute atomic E-state index is 0.139. The number of nitrogens with zero attached hydrogens (tertiary/aromatic N) is 5. The van der Waals surface area contributed by atoms with Gasteiger partial charge < -0.3 is 33.7 Å². The molecule has 19 heteroatoms. The number of ether oxygens (including phenoxy) is 5. The van der Waals surface area contributed by atoms with Crippen LogP contribution in [0, 0.1) is 34.7 Å². The number of benzene rings is 2. The van der Waals surface area contributed by atoms with E-state index in [2.05, 4.69) is 10.1 Å². The summed E-state index contributed by atoms with van der Waals surface area (Å²) in [5, 5.41) is 20.9. The lowest BCUT2D eigenvalue weighted by Gasteiger charge is -2.40. The third-order valence-corrected chi connectivity index (χ3v) is 10.6. The molecule has 306 valence electrons. The van der Waals surface area contributed by atoms with Gasteiger partial charge in [0.2, 0.25) is 12.7 Å². The van der Waals surface area contributed by atoms with Crippen molar-refractivity contribution in [1.82, 2.24) is 19.7 Å². The van der Waals surface area contributed by atoms with Crippen LogP contribution in [0.25, 0.3) is 6.08 Å². The number of nitriles is 1. The molecule has 2 aromatic carbocycles. The van der Waals surface area contributed by atoms with Crippen molar-refractivity contribution in [3.8, 4) is 6.07 Å². The van der Waals surface area contributed by atoms with Gasteiger partial charge in [0.15, 0.2) is 11.9 Å². The lowest BCUT2D eigenvalue weighted by atomic mass is 9.89. The van der Waals surface area contributed by atoms with E-state index in [4.69, 9.17) is 34.1 Å². The number of halogens is 3. The van der Waals surface area contributed by atoms with Gasteiger partial charge in [0.1, 0.15) is 30.1 Å². The summed E-state index contributed by atoms with van der Waals surface area (Å²) in [7, 11) is 0. The van der Waals surface area contributed by atoms with Crippen molar-refractivity contribution in [2.75, 3.05) is 33.1 Å². The molecule has 2 unspecified atom stereocenters. The molecule has 15 nitrogen and oxygen atoms in total. The zero-order valence-corrected chi connectivity index (χ0v) is 31.8. The number of aromatic nitrogens is 3. The normalized spacial score (nSPS) is 19.1. The number of carboxylic acid groups (broad SMARTS) is 1. The van der Waals surface area contributed by atoms with Gasteiger partial charge in [-0.3, -0.25) is 9.59 Å². The fourth-order valence-corrected chi connectivity index (χ4v) is 7.44. The van der Waals surface area contributed by atoms with Crippen LogP contribution in [0.2, 0.25) is 0 Å². The van der Waals surface area contributed by atoms with E-state index in [0.29, 0.717) is 6.07 Å². The van der Waals surface area contributed by atoms with Gasteiger partial charge >= 0.3 is 18.1 Å². The molecule has 2 atom stereocenters. The van der Waals surface area contributed by atoms with Crippen molar-refractivity contribution in [3.63, 3.8) is 0 Å². The highest BCUT2D eigenvalue weighted by Gasteiger charge is 2.47. The van der Waals surface area contributed by atoms with Crippen molar-refractivity contribution in [3.05, 3.63) is 114 Å². The van der Waals surface area contributed by atoms with Gasteiger partial charge in [-0.1, -0.05) is 24.3 Å². The summed E-state index contributed by atoms with van der Waals surface area (Å²) in [6.07, 6.45) is 9.04. The first-order chi connectivity index (χ1) is 27.9. The largest absolute Gasteiger partial charge is 0.512 e. The first-order valence-corrected chi connectivity index (χ1v) is 18.7. The van der Waals surface area contributed by atoms with Crippen molar-refractivity contribution in [2.24, 2.45) is 5.92 Å². The summed E-state index contributed by atoms with van der Waals surface area (Å²) >= 11 is 1.22. The molecule has 0 aliphatic carbocycles. The van der Waals surface area contributed by atoms with E-state index < -0.39 is 71.3 Å². The Kier molecular flexibility index (Phi) is 15.2. The van der Waals surface area contributed by atoms with E-state index in [-0.39, 0.29) is 67.6 Å². The number of likely N-dealkylation sites (tertiary alicyclic amines) is 1. The number of piperidine rings is 1. The van der Waals surface area contributed by atoms with Gasteiger partial charge in [0, 0.05) is 47.7 Å². The predicted molar refractivity (Wildman–Crippen MR) is 198 cm³/mol. The molecule has 0 radical (unpaired) electrons. The number of allylic oxidation sites excluding steroid dienone is 2. The molecular formula is C39H38F3N5O10S. The number of aliphatic carboxylic acids is 1. The molecule has 0 spiro atoms. The molecule has 1 amide bonds. The van der Waals surface area contributed by atoms with Crippen molar-refractivity contribution >= 4 is 41.8 Å². The third-order valence-electron chi connectivity index (χ3n) is 9.14. The molecule has 58 heavy (non-hydrogen) atoms. The number of thioether (sulfide) groups is 1. The molecule has 1 N–H and O–H groups in total. The van der Waals surface area contributed by atoms with E-state index in [1.165, 1.54) is 52.2 Å². The number of esters is 1. The first-order valence-electron chi connectivity index (χ1n) is 17.8. The second kappa shape index (κ2) is 20.5. The minimum atomic E-state index is -1.94. The van der Waals surface area contributed by atoms with Gasteiger partial charge in [-0.05, 0) is 50.1 Å². The van der Waals surface area contributed by atoms with E-state index in [1.54, 1.807) is 25.2 Å². The SMILES string of the molecule is CC(SC1COC(C=CC=Cc2ccc(C#N)cc2F)OC1)C(Cn1cncn1)(OC(=O)OCOC(=O)C=CC(=O)N1CCC(C(=O)O)CC1)c1ccc(F)cc1F. The van der Waals surface area contributed by atoms with E-state index in [9.17, 15) is 28.0 Å². The van der Waals surface area contributed by atoms with Crippen LogP contribution in [0.3, 0.4) is 0 Å². The Morgan fingerprint density at radius 3 is 2.47 bits per heavy atom. The molecule has 3 heterocycles. The van der Waals surface area contributed by atoms with Gasteiger partial charge in [0.05, 0.1) is 42.6 Å². The zero-order chi connectivity index (χ0) is 41.7. The molecule has 5 rings (SSSR count). The summed E-state index contributed by atoms with van der Waals surface area (Å²) in [5.41, 5.74) is -1.68. The number of amides is 1. The van der Waals surface area contributed by atoms with Gasteiger partial charge in [-0.25, -0.2) is 32.4 Å². The second-order valence-electron chi connectivity index (χ2n) is 13.0. The Morgan fingerprint density at radius 2 is 1.81 bits per heavy atom. The number of hydrogen-bond acceptors (Lipinski definition) is 13. The Morgan fingerprint density at radius 1 is 1.05 bits per heavy atom. The zero-order valence-electron chi connectivity index (χ0n) is 30.9. The quantitative estimate of drug-likeness (QED) is 0.0918. The average Bonchev–Trinajstić information content (AvgIpc) is 3.72. The molecule has 0 bridgehead atoms. The topological polar surface area (TPSA) is 192 Å². The fourth-order valence-electron chi connectivity index (χ4n) is 6.08. The Hall–Kier alpha value is -5.97. The average molecular weight is 826 g/mol. The maximum atomic E-state index is 15.7. The standard InChI is InChI=1S/C39H38F3N5O10S/c1-25(58-30-19-53-36(54-20-30)5-3-2-4-27-7-6-26(18-43)16-32(27)41)39(21-47-23-44-22-45-47,31-9-8-29(40)17-33(31)42)57-38(52)56-24-55-35(49)11-10-34(48)46-14-12-28(13-15-46)37(50)51/h2-11,16-17,22-23,25,28,30,36H,12-15,19-21,24H2,1H3,(H,50,51). The number of carboxylic acids is 1. The smallest absolute Gasteiger partial charge is 0.481 e. The van der Waals surface area contributed by atoms with Gasteiger partial charge in [-0.2, -0.15) is 10.4 Å². The summed E-state index contributed by atoms with van der Waals surface area (Å²) in [6, 6.07) is 8.75. The molecular weight excluding hydrogens is 788 g/mol. The highest BCUT2D eigenvalue weighted by atomic mass is 32.2. The van der Waals surface area contributed by atoms with Crippen LogP contribution in [0.1, 0.15) is 36.5 Å². The third kappa shape index (κ3) is 11.8. The van der Waals surface area contributed by atoms with Crippen molar-refractivity contribution < 1.29 is 61.1 Å². The molecule has 0 saturated carbocycles. The number of rotatable bonds is 15. The molecule has 2 aliphatic heterocycles. The maximum Gasteiger partial charge on any atom is 0.512 e. The van der Waals surface area contributed by atoms with Crippen LogP contribution in [-0.2, 0) is 50.2 Å². The van der Waals surface area contributed by atoms with E-state index in [1.807, 2.05) is 6.07 Å². The summed E-state index contributed by atoms with van der Waals surface area (Å²) in [4.78, 5) is 54.5. The van der Waals surface area contributed by atoms with Crippen LogP contribution in [-0.4, -0.2) is 98.7 Å². The lowest BCUT2D eigenvalue weighted by Crippen LogP contribution is -2.47. The number of carbonyl (C=O) groups is 4. The molecule has 2 aliphatic rings. The molecule has 2 fully saturated rings. The Bertz CT molecular complexity index is 2060. The molecule has 1 aromatic heterocycles. The second-order valence-corrected chi connectivity index (χ2v) is 14.6. The van der Waals surface area contributed by atoms with Crippen molar-refractivity contribution in [2.45, 2.75) is 48.7 Å². The Labute approximate surface area is 334 Å². The monoisotopic (exact) mass is 825 g/mol. The summed E-state index contributed by atoms with van der Waals surface area (Å²) < 4.78 is 72.8. The fraction of sp³-hybridized carbons (Fsp3) is 0.359. The van der Waals surface area contributed by atoms with Gasteiger partial charge in [-0.15, -0.1) is 11.8 Å². The van der Waals surface area contributed by atoms with Crippen molar-refractivity contribution in [1.29, 1.82) is 5.26 Å². The predicted octanol–water partition coefficient (Wildman–Crippen LogP) is 5.13. The Balaban J connectivity index is 1.22. The molecule has 3 aromatic rings. The van der Waals surface area contributed by atoms with Crippen LogP contribution in [0.4, 0.5) is 18.0 Å². The first kappa shape index (κ1) is 43.2. The number of hydrogen-bond donors (Lipinski definition) is 1. The van der Waals surface area contributed by atoms with Crippen LogP contribution >= 0.6 is 11.8 Å². The maximum absolute atomic E-state index is 15.7. The van der Waals surface area contributed by atoms with Crippen LogP contribution < -0.4 is 0 Å². The summed E-state index contributed by atoms with van der Waals surface area (Å²) in [5.74, 6) is -5.51.